The highest BCUT2D eigenvalue weighted by Gasteiger charge is 2.36. The van der Waals surface area contributed by atoms with Gasteiger partial charge in [-0.25, -0.2) is 0 Å². The summed E-state index contributed by atoms with van der Waals surface area (Å²) in [4.78, 5) is 0. The van der Waals surface area contributed by atoms with Crippen molar-refractivity contribution in [3.05, 3.63) is 0 Å². The molecule has 1 fully saturated rings. The van der Waals surface area contributed by atoms with Crippen molar-refractivity contribution in [3.8, 4) is 0 Å². The number of aliphatic hydroxyl groups is 1. The minimum atomic E-state index is 0.0474. The van der Waals surface area contributed by atoms with Gasteiger partial charge in [-0.2, -0.15) is 0 Å². The molecule has 1 heterocycles. The Morgan fingerprint density at radius 3 is 2.08 bits per heavy atom. The van der Waals surface area contributed by atoms with Crippen LogP contribution in [0.25, 0.3) is 0 Å². The smallest absolute Gasteiger partial charge is 0.0837 e. The SMILES string of the molecule is CC1C(C)[C@@H](CO)O[C@@H](C)[C@@H]1C. The molecular weight excluding hydrogens is 152 g/mol. The molecule has 0 aromatic heterocycles. The summed E-state index contributed by atoms with van der Waals surface area (Å²) in [5.41, 5.74) is 0. The van der Waals surface area contributed by atoms with Gasteiger partial charge < -0.3 is 9.84 Å². The van der Waals surface area contributed by atoms with Gasteiger partial charge in [0.1, 0.15) is 0 Å². The van der Waals surface area contributed by atoms with Crippen LogP contribution in [0.4, 0.5) is 0 Å². The average molecular weight is 172 g/mol. The quantitative estimate of drug-likeness (QED) is 0.652. The van der Waals surface area contributed by atoms with E-state index < -0.39 is 0 Å². The molecule has 2 heteroatoms. The first-order chi connectivity index (χ1) is 5.57. The Labute approximate surface area is 74.9 Å². The van der Waals surface area contributed by atoms with Gasteiger partial charge in [-0.05, 0) is 24.7 Å². The first kappa shape index (κ1) is 10.0. The summed E-state index contributed by atoms with van der Waals surface area (Å²) in [5.74, 6) is 1.72. The Morgan fingerprint density at radius 1 is 1.00 bits per heavy atom. The Kier molecular flexibility index (Phi) is 3.13. The molecule has 12 heavy (non-hydrogen) atoms. The third-order valence-corrected chi connectivity index (χ3v) is 3.55. The van der Waals surface area contributed by atoms with E-state index in [1.807, 2.05) is 0 Å². The maximum atomic E-state index is 9.06. The largest absolute Gasteiger partial charge is 0.394 e. The van der Waals surface area contributed by atoms with E-state index in [0.717, 1.165) is 0 Å². The summed E-state index contributed by atoms with van der Waals surface area (Å²) in [6.07, 6.45) is 0.333. The second-order valence-electron chi connectivity index (χ2n) is 4.14. The molecule has 0 amide bonds. The monoisotopic (exact) mass is 172 g/mol. The van der Waals surface area contributed by atoms with Gasteiger partial charge in [-0.3, -0.25) is 0 Å². The number of hydrogen-bond acceptors (Lipinski definition) is 2. The van der Waals surface area contributed by atoms with Crippen LogP contribution in [0.1, 0.15) is 27.7 Å². The maximum absolute atomic E-state index is 9.06. The third kappa shape index (κ3) is 1.64. The van der Waals surface area contributed by atoms with Crippen molar-refractivity contribution >= 4 is 0 Å². The first-order valence-corrected chi connectivity index (χ1v) is 4.84. The van der Waals surface area contributed by atoms with Crippen molar-refractivity contribution in [1.29, 1.82) is 0 Å². The highest BCUT2D eigenvalue weighted by atomic mass is 16.5. The molecule has 72 valence electrons. The molecule has 0 spiro atoms. The highest BCUT2D eigenvalue weighted by molar-refractivity contribution is 4.83. The van der Waals surface area contributed by atoms with Crippen molar-refractivity contribution in [2.45, 2.75) is 39.9 Å². The maximum Gasteiger partial charge on any atom is 0.0837 e. The summed E-state index contributed by atoms with van der Waals surface area (Å²) in [7, 11) is 0. The normalized spacial score (nSPS) is 49.2. The lowest BCUT2D eigenvalue weighted by atomic mass is 9.77. The van der Waals surface area contributed by atoms with Crippen molar-refractivity contribution in [2.75, 3.05) is 6.61 Å². The van der Waals surface area contributed by atoms with Crippen LogP contribution in [0.2, 0.25) is 0 Å². The van der Waals surface area contributed by atoms with E-state index in [4.69, 9.17) is 9.84 Å². The molecule has 1 rings (SSSR count). The Bertz CT molecular complexity index is 142. The molecule has 5 atom stereocenters. The molecule has 0 saturated carbocycles. The van der Waals surface area contributed by atoms with Gasteiger partial charge in [0.15, 0.2) is 0 Å². The molecule has 0 bridgehead atoms. The predicted octanol–water partition coefficient (Wildman–Crippen LogP) is 1.67. The van der Waals surface area contributed by atoms with Gasteiger partial charge in [-0.1, -0.05) is 20.8 Å². The van der Waals surface area contributed by atoms with Crippen molar-refractivity contribution in [1.82, 2.24) is 0 Å². The predicted molar refractivity (Wildman–Crippen MR) is 48.9 cm³/mol. The van der Waals surface area contributed by atoms with Gasteiger partial charge in [0.2, 0.25) is 0 Å². The zero-order chi connectivity index (χ0) is 9.30. The van der Waals surface area contributed by atoms with Gasteiger partial charge in [0, 0.05) is 0 Å². The molecule has 0 radical (unpaired) electrons. The topological polar surface area (TPSA) is 29.5 Å². The summed E-state index contributed by atoms with van der Waals surface area (Å²) < 4.78 is 5.68. The van der Waals surface area contributed by atoms with E-state index in [2.05, 4.69) is 27.7 Å². The fourth-order valence-corrected chi connectivity index (χ4v) is 1.98. The fourth-order valence-electron chi connectivity index (χ4n) is 1.98. The minimum Gasteiger partial charge on any atom is -0.394 e. The molecule has 2 unspecified atom stereocenters. The molecule has 2 nitrogen and oxygen atoms in total. The van der Waals surface area contributed by atoms with Crippen LogP contribution in [-0.4, -0.2) is 23.9 Å². The van der Waals surface area contributed by atoms with Crippen LogP contribution in [0.5, 0.6) is 0 Å². The molecule has 1 N–H and O–H groups in total. The van der Waals surface area contributed by atoms with Gasteiger partial charge >= 0.3 is 0 Å². The summed E-state index contributed by atoms with van der Waals surface area (Å²) in [5, 5.41) is 9.06. The van der Waals surface area contributed by atoms with E-state index in [0.29, 0.717) is 17.8 Å². The Morgan fingerprint density at radius 2 is 1.58 bits per heavy atom. The molecule has 1 saturated heterocycles. The standard InChI is InChI=1S/C10H20O2/c1-6-7(2)9(4)12-10(5-11)8(6)3/h6-11H,5H2,1-4H3/t6?,7-,8?,9+,10-/m1/s1. The number of aliphatic hydroxyl groups excluding tert-OH is 1. The minimum absolute atomic E-state index is 0.0474. The Hall–Kier alpha value is -0.0800. The first-order valence-electron chi connectivity index (χ1n) is 4.84. The number of hydrogen-bond donors (Lipinski definition) is 1. The second kappa shape index (κ2) is 3.75. The lowest BCUT2D eigenvalue weighted by Crippen LogP contribution is -2.44. The average Bonchev–Trinajstić information content (AvgIpc) is 2.08. The lowest BCUT2D eigenvalue weighted by Gasteiger charge is -2.41. The molecule has 0 aromatic rings. The van der Waals surface area contributed by atoms with Crippen LogP contribution < -0.4 is 0 Å². The number of rotatable bonds is 1. The van der Waals surface area contributed by atoms with Gasteiger partial charge in [-0.15, -0.1) is 0 Å². The molecule has 1 aliphatic rings. The van der Waals surface area contributed by atoms with E-state index in [1.165, 1.54) is 0 Å². The van der Waals surface area contributed by atoms with Crippen LogP contribution in [0.3, 0.4) is 0 Å². The molecule has 0 aromatic carbocycles. The Balaban J connectivity index is 2.63. The van der Waals surface area contributed by atoms with Gasteiger partial charge in [0.05, 0.1) is 18.8 Å². The zero-order valence-corrected chi connectivity index (χ0v) is 8.45. The lowest BCUT2D eigenvalue weighted by molar-refractivity contribution is -0.140. The van der Waals surface area contributed by atoms with Crippen molar-refractivity contribution in [2.24, 2.45) is 17.8 Å². The molecule has 0 aliphatic carbocycles. The van der Waals surface area contributed by atoms with Crippen molar-refractivity contribution < 1.29 is 9.84 Å². The molecule has 1 aliphatic heterocycles. The second-order valence-corrected chi connectivity index (χ2v) is 4.14. The highest BCUT2D eigenvalue weighted by Crippen LogP contribution is 2.34. The summed E-state index contributed by atoms with van der Waals surface area (Å²) in [6, 6.07) is 0. The van der Waals surface area contributed by atoms with Crippen LogP contribution in [-0.2, 0) is 4.74 Å². The van der Waals surface area contributed by atoms with E-state index in [9.17, 15) is 0 Å². The fraction of sp³-hybridized carbons (Fsp3) is 1.00. The third-order valence-electron chi connectivity index (χ3n) is 3.55. The van der Waals surface area contributed by atoms with Crippen LogP contribution in [0.15, 0.2) is 0 Å². The van der Waals surface area contributed by atoms with Gasteiger partial charge in [0.25, 0.3) is 0 Å². The number of ether oxygens (including phenoxy) is 1. The van der Waals surface area contributed by atoms with E-state index in [-0.39, 0.29) is 18.8 Å². The van der Waals surface area contributed by atoms with Crippen LogP contribution in [0, 0.1) is 17.8 Å². The van der Waals surface area contributed by atoms with E-state index >= 15 is 0 Å². The molecular formula is C10H20O2. The van der Waals surface area contributed by atoms with Crippen molar-refractivity contribution in [3.63, 3.8) is 0 Å². The zero-order valence-electron chi connectivity index (χ0n) is 8.45. The summed E-state index contributed by atoms with van der Waals surface area (Å²) >= 11 is 0. The van der Waals surface area contributed by atoms with Crippen LogP contribution >= 0.6 is 0 Å². The van der Waals surface area contributed by atoms with E-state index in [1.54, 1.807) is 0 Å². The summed E-state index contributed by atoms with van der Waals surface area (Å²) in [6.45, 7) is 8.88.